The summed E-state index contributed by atoms with van der Waals surface area (Å²) in [5, 5.41) is 0. The van der Waals surface area contributed by atoms with Gasteiger partial charge in [0.25, 0.3) is 0 Å². The van der Waals surface area contributed by atoms with Gasteiger partial charge in [0.15, 0.2) is 12.4 Å². The highest BCUT2D eigenvalue weighted by molar-refractivity contribution is 5.04. The van der Waals surface area contributed by atoms with Crippen LogP contribution in [0.15, 0.2) is 24.5 Å². The molecule has 0 aromatic carbocycles. The van der Waals surface area contributed by atoms with Crippen molar-refractivity contribution in [1.29, 1.82) is 0 Å². The average molecular weight is 262 g/mol. The van der Waals surface area contributed by atoms with Gasteiger partial charge in [-0.3, -0.25) is 0 Å². The van der Waals surface area contributed by atoms with Crippen LogP contribution in [0.5, 0.6) is 0 Å². The first kappa shape index (κ1) is 16.2. The molecule has 0 bridgehead atoms. The maximum Gasteiger partial charge on any atom is 0.171 e. The normalized spacial score (nSPS) is 10.8. The molecule has 1 rings (SSSR count). The molecule has 0 aliphatic rings. The summed E-state index contributed by atoms with van der Waals surface area (Å²) < 4.78 is 2.36. The minimum atomic E-state index is 1.19. The maximum absolute atomic E-state index is 2.36. The summed E-state index contributed by atoms with van der Waals surface area (Å²) >= 11 is 0. The lowest BCUT2D eigenvalue weighted by Crippen LogP contribution is -2.33. The van der Waals surface area contributed by atoms with E-state index in [-0.39, 0.29) is 0 Å². The van der Waals surface area contributed by atoms with Crippen molar-refractivity contribution in [2.45, 2.75) is 84.6 Å². The van der Waals surface area contributed by atoms with E-state index in [4.69, 9.17) is 0 Å². The van der Waals surface area contributed by atoms with Crippen molar-refractivity contribution in [3.8, 4) is 0 Å². The van der Waals surface area contributed by atoms with Gasteiger partial charge in [0.05, 0.1) is 0 Å². The van der Waals surface area contributed by atoms with Gasteiger partial charge in [-0.05, 0) is 18.9 Å². The molecule has 0 amide bonds. The SMILES string of the molecule is CCCCCCCCCC[n+]1cccc(CCC)c1. The van der Waals surface area contributed by atoms with Gasteiger partial charge in [0.1, 0.15) is 6.54 Å². The molecule has 1 nitrogen and oxygen atoms in total. The van der Waals surface area contributed by atoms with Crippen LogP contribution in [0.4, 0.5) is 0 Å². The van der Waals surface area contributed by atoms with Crippen molar-refractivity contribution in [3.05, 3.63) is 30.1 Å². The predicted octanol–water partition coefficient (Wildman–Crippen LogP) is 5.07. The van der Waals surface area contributed by atoms with E-state index in [1.54, 1.807) is 0 Å². The second kappa shape index (κ2) is 11.0. The van der Waals surface area contributed by atoms with Crippen molar-refractivity contribution < 1.29 is 4.57 Å². The molecule has 108 valence electrons. The van der Waals surface area contributed by atoms with Crippen molar-refractivity contribution >= 4 is 0 Å². The molecule has 19 heavy (non-hydrogen) atoms. The van der Waals surface area contributed by atoms with Crippen LogP contribution in [-0.2, 0) is 13.0 Å². The van der Waals surface area contributed by atoms with Gasteiger partial charge >= 0.3 is 0 Å². The predicted molar refractivity (Wildman–Crippen MR) is 83.2 cm³/mol. The number of rotatable bonds is 11. The molecule has 0 fully saturated rings. The van der Waals surface area contributed by atoms with Gasteiger partial charge in [0.2, 0.25) is 0 Å². The third-order valence-corrected chi connectivity index (χ3v) is 3.73. The van der Waals surface area contributed by atoms with Crippen LogP contribution in [0.2, 0.25) is 0 Å². The number of aromatic nitrogens is 1. The van der Waals surface area contributed by atoms with Crippen molar-refractivity contribution in [2.75, 3.05) is 0 Å². The molecule has 0 saturated carbocycles. The summed E-state index contributed by atoms with van der Waals surface area (Å²) in [6.07, 6.45) is 18.2. The van der Waals surface area contributed by atoms with Crippen LogP contribution in [0.3, 0.4) is 0 Å². The second-order valence-electron chi connectivity index (χ2n) is 5.67. The van der Waals surface area contributed by atoms with Crippen LogP contribution in [0, 0.1) is 0 Å². The zero-order chi connectivity index (χ0) is 13.8. The number of nitrogens with zero attached hydrogens (tertiary/aromatic N) is 1. The Morgan fingerprint density at radius 2 is 1.53 bits per heavy atom. The summed E-state index contributed by atoms with van der Waals surface area (Å²) in [7, 11) is 0. The molecule has 0 spiro atoms. The maximum atomic E-state index is 2.36. The molecular formula is C18H32N+. The van der Waals surface area contributed by atoms with Crippen LogP contribution >= 0.6 is 0 Å². The Labute approximate surface area is 120 Å². The summed E-state index contributed by atoms with van der Waals surface area (Å²) in [4.78, 5) is 0. The Bertz CT molecular complexity index is 319. The number of hydrogen-bond donors (Lipinski definition) is 0. The van der Waals surface area contributed by atoms with E-state index in [1.165, 1.54) is 76.3 Å². The smallest absolute Gasteiger partial charge is 0.171 e. The summed E-state index contributed by atoms with van der Waals surface area (Å²) in [5.41, 5.74) is 1.48. The molecule has 1 heterocycles. The lowest BCUT2D eigenvalue weighted by molar-refractivity contribution is -0.697. The van der Waals surface area contributed by atoms with Gasteiger partial charge in [-0.25, -0.2) is 4.57 Å². The standard InChI is InChI=1S/C18H32N/c1-3-5-6-7-8-9-10-11-15-19-16-12-14-18(17-19)13-4-2/h12,14,16-17H,3-11,13,15H2,1-2H3/q+1. The van der Waals surface area contributed by atoms with Crippen LogP contribution in [-0.4, -0.2) is 0 Å². The van der Waals surface area contributed by atoms with E-state index in [1.807, 2.05) is 0 Å². The second-order valence-corrected chi connectivity index (χ2v) is 5.67. The van der Waals surface area contributed by atoms with Crippen LogP contribution in [0.25, 0.3) is 0 Å². The Hall–Kier alpha value is -0.850. The Kier molecular flexibility index (Phi) is 9.40. The number of hydrogen-bond acceptors (Lipinski definition) is 0. The third kappa shape index (κ3) is 8.02. The molecule has 1 heteroatoms. The Morgan fingerprint density at radius 3 is 2.21 bits per heavy atom. The third-order valence-electron chi connectivity index (χ3n) is 3.73. The van der Waals surface area contributed by atoms with Gasteiger partial charge < -0.3 is 0 Å². The minimum Gasteiger partial charge on any atom is -0.205 e. The van der Waals surface area contributed by atoms with Crippen molar-refractivity contribution in [1.82, 2.24) is 0 Å². The summed E-state index contributed by atoms with van der Waals surface area (Å²) in [6.45, 7) is 5.71. The monoisotopic (exact) mass is 262 g/mol. The lowest BCUT2D eigenvalue weighted by Gasteiger charge is -2.01. The van der Waals surface area contributed by atoms with E-state index in [0.29, 0.717) is 0 Å². The quantitative estimate of drug-likeness (QED) is 0.387. The highest BCUT2D eigenvalue weighted by Crippen LogP contribution is 2.08. The number of aryl methyl sites for hydroxylation is 2. The van der Waals surface area contributed by atoms with Gasteiger partial charge in [0, 0.05) is 18.1 Å². The highest BCUT2D eigenvalue weighted by atomic mass is 14.9. The largest absolute Gasteiger partial charge is 0.205 e. The van der Waals surface area contributed by atoms with E-state index in [0.717, 1.165) is 0 Å². The van der Waals surface area contributed by atoms with E-state index in [2.05, 4.69) is 42.9 Å². The molecule has 0 radical (unpaired) electrons. The first-order valence-corrected chi connectivity index (χ1v) is 8.34. The number of pyridine rings is 1. The van der Waals surface area contributed by atoms with E-state index >= 15 is 0 Å². The minimum absolute atomic E-state index is 1.19. The first-order valence-electron chi connectivity index (χ1n) is 8.34. The summed E-state index contributed by atoms with van der Waals surface area (Å²) in [5.74, 6) is 0. The first-order chi connectivity index (χ1) is 9.36. The topological polar surface area (TPSA) is 3.88 Å². The van der Waals surface area contributed by atoms with Gasteiger partial charge in [-0.2, -0.15) is 0 Å². The summed E-state index contributed by atoms with van der Waals surface area (Å²) in [6, 6.07) is 4.43. The fourth-order valence-electron chi connectivity index (χ4n) is 2.58. The van der Waals surface area contributed by atoms with E-state index < -0.39 is 0 Å². The van der Waals surface area contributed by atoms with Crippen LogP contribution in [0.1, 0.15) is 77.2 Å². The lowest BCUT2D eigenvalue weighted by atomic mass is 10.1. The molecule has 0 aliphatic heterocycles. The van der Waals surface area contributed by atoms with Gasteiger partial charge in [-0.15, -0.1) is 0 Å². The molecule has 0 N–H and O–H groups in total. The average Bonchev–Trinajstić information content (AvgIpc) is 2.43. The van der Waals surface area contributed by atoms with Gasteiger partial charge in [-0.1, -0.05) is 58.8 Å². The molecule has 0 atom stereocenters. The molecule has 1 aromatic heterocycles. The molecule has 0 saturated heterocycles. The Morgan fingerprint density at radius 1 is 0.842 bits per heavy atom. The molecule has 1 aromatic rings. The molecular weight excluding hydrogens is 230 g/mol. The van der Waals surface area contributed by atoms with E-state index in [9.17, 15) is 0 Å². The highest BCUT2D eigenvalue weighted by Gasteiger charge is 2.02. The number of unbranched alkanes of at least 4 members (excludes halogenated alkanes) is 7. The fraction of sp³-hybridized carbons (Fsp3) is 0.722. The van der Waals surface area contributed by atoms with Crippen LogP contribution < -0.4 is 4.57 Å². The molecule has 0 unspecified atom stereocenters. The van der Waals surface area contributed by atoms with Crippen molar-refractivity contribution in [2.24, 2.45) is 0 Å². The fourth-order valence-corrected chi connectivity index (χ4v) is 2.58. The zero-order valence-corrected chi connectivity index (χ0v) is 13.0. The Balaban J connectivity index is 2.07. The molecule has 0 aliphatic carbocycles. The van der Waals surface area contributed by atoms with Crippen molar-refractivity contribution in [3.63, 3.8) is 0 Å². The zero-order valence-electron chi connectivity index (χ0n) is 13.0.